The van der Waals surface area contributed by atoms with Crippen molar-refractivity contribution < 1.29 is 23.2 Å². The number of anilines is 1. The van der Waals surface area contributed by atoms with Gasteiger partial charge < -0.3 is 24.1 Å². The lowest BCUT2D eigenvalue weighted by Gasteiger charge is -2.12. The summed E-state index contributed by atoms with van der Waals surface area (Å²) in [5.41, 5.74) is 10.7. The molecular formula is C26H22N2O5. The Morgan fingerprint density at radius 2 is 1.91 bits per heavy atom. The average Bonchev–Trinajstić information content (AvgIpc) is 3.45. The molecule has 2 heterocycles. The number of furan rings is 1. The van der Waals surface area contributed by atoms with E-state index in [2.05, 4.69) is 5.16 Å². The van der Waals surface area contributed by atoms with Crippen LogP contribution >= 0.6 is 0 Å². The maximum absolute atomic E-state index is 12.0. The maximum atomic E-state index is 12.0. The summed E-state index contributed by atoms with van der Waals surface area (Å²) in [6.45, 7) is 2.44. The SMILES string of the molecule is CCOC(=O)Cc1ccccc1OCc1cc(-c2cccc3c(N)noc23)c2occc2c1. The number of nitrogens with two attached hydrogens (primary N) is 1. The molecule has 5 rings (SSSR count). The maximum Gasteiger partial charge on any atom is 0.310 e. The van der Waals surface area contributed by atoms with E-state index in [0.29, 0.717) is 30.4 Å². The number of hydrogen-bond donors (Lipinski definition) is 1. The summed E-state index contributed by atoms with van der Waals surface area (Å²) in [7, 11) is 0. The number of carbonyl (C=O) groups excluding carboxylic acids is 1. The van der Waals surface area contributed by atoms with Crippen LogP contribution in [0.5, 0.6) is 5.75 Å². The molecule has 0 spiro atoms. The lowest BCUT2D eigenvalue weighted by Crippen LogP contribution is -2.09. The van der Waals surface area contributed by atoms with Gasteiger partial charge in [-0.3, -0.25) is 4.79 Å². The van der Waals surface area contributed by atoms with Crippen LogP contribution in [0.1, 0.15) is 18.1 Å². The summed E-state index contributed by atoms with van der Waals surface area (Å²) in [6, 6.07) is 19.1. The van der Waals surface area contributed by atoms with Crippen LogP contribution in [0.3, 0.4) is 0 Å². The second-order valence-electron chi connectivity index (χ2n) is 7.61. The number of carbonyl (C=O) groups is 1. The third kappa shape index (κ3) is 4.01. The first-order chi connectivity index (χ1) is 16.1. The van der Waals surface area contributed by atoms with Gasteiger partial charge in [-0.15, -0.1) is 0 Å². The van der Waals surface area contributed by atoms with Crippen molar-refractivity contribution in [2.75, 3.05) is 12.3 Å². The Balaban J connectivity index is 1.49. The molecule has 0 aliphatic carbocycles. The van der Waals surface area contributed by atoms with Crippen LogP contribution in [0, 0.1) is 0 Å². The Labute approximate surface area is 189 Å². The van der Waals surface area contributed by atoms with Gasteiger partial charge in [0, 0.05) is 22.1 Å². The smallest absolute Gasteiger partial charge is 0.310 e. The van der Waals surface area contributed by atoms with Gasteiger partial charge >= 0.3 is 5.97 Å². The fraction of sp³-hybridized carbons (Fsp3) is 0.154. The summed E-state index contributed by atoms with van der Waals surface area (Å²) < 4.78 is 22.5. The molecule has 7 nitrogen and oxygen atoms in total. The highest BCUT2D eigenvalue weighted by Gasteiger charge is 2.17. The first-order valence-corrected chi connectivity index (χ1v) is 10.6. The minimum Gasteiger partial charge on any atom is -0.489 e. The zero-order valence-electron chi connectivity index (χ0n) is 18.0. The molecule has 3 aromatic carbocycles. The van der Waals surface area contributed by atoms with Crippen LogP contribution in [-0.4, -0.2) is 17.7 Å². The zero-order valence-corrected chi connectivity index (χ0v) is 18.0. The number of para-hydroxylation sites is 2. The van der Waals surface area contributed by atoms with Gasteiger partial charge in [0.05, 0.1) is 24.7 Å². The second kappa shape index (κ2) is 8.70. The molecule has 0 aliphatic rings. The Morgan fingerprint density at radius 1 is 1.03 bits per heavy atom. The summed E-state index contributed by atoms with van der Waals surface area (Å²) in [5, 5.41) is 5.60. The van der Waals surface area contributed by atoms with Crippen LogP contribution in [-0.2, 0) is 22.6 Å². The fourth-order valence-corrected chi connectivity index (χ4v) is 3.94. The van der Waals surface area contributed by atoms with Crippen molar-refractivity contribution in [3.8, 4) is 16.9 Å². The molecule has 0 saturated heterocycles. The molecule has 5 aromatic rings. The van der Waals surface area contributed by atoms with Gasteiger partial charge in [0.15, 0.2) is 11.4 Å². The monoisotopic (exact) mass is 442 g/mol. The van der Waals surface area contributed by atoms with E-state index >= 15 is 0 Å². The van der Waals surface area contributed by atoms with Gasteiger partial charge in [0.25, 0.3) is 0 Å². The van der Waals surface area contributed by atoms with E-state index in [1.807, 2.05) is 60.7 Å². The second-order valence-corrected chi connectivity index (χ2v) is 7.61. The highest BCUT2D eigenvalue weighted by Crippen LogP contribution is 2.37. The van der Waals surface area contributed by atoms with Gasteiger partial charge in [-0.05, 0) is 42.8 Å². The van der Waals surface area contributed by atoms with Crippen LogP contribution in [0.25, 0.3) is 33.1 Å². The molecule has 0 bridgehead atoms. The lowest BCUT2D eigenvalue weighted by molar-refractivity contribution is -0.142. The number of ether oxygens (including phenoxy) is 2. The van der Waals surface area contributed by atoms with Crippen LogP contribution < -0.4 is 10.5 Å². The molecule has 0 saturated carbocycles. The van der Waals surface area contributed by atoms with E-state index in [9.17, 15) is 4.79 Å². The van der Waals surface area contributed by atoms with Crippen LogP contribution in [0.2, 0.25) is 0 Å². The van der Waals surface area contributed by atoms with Crippen molar-refractivity contribution in [3.05, 3.63) is 78.1 Å². The van der Waals surface area contributed by atoms with Crippen molar-refractivity contribution in [1.82, 2.24) is 5.16 Å². The topological polar surface area (TPSA) is 101 Å². The summed E-state index contributed by atoms with van der Waals surface area (Å²) in [4.78, 5) is 12.0. The van der Waals surface area contributed by atoms with Gasteiger partial charge in [-0.2, -0.15) is 0 Å². The Kier molecular flexibility index (Phi) is 5.44. The van der Waals surface area contributed by atoms with Gasteiger partial charge in [-0.1, -0.05) is 35.5 Å². The van der Waals surface area contributed by atoms with Crippen molar-refractivity contribution >= 4 is 33.7 Å². The molecule has 0 amide bonds. The Bertz CT molecular complexity index is 1450. The molecule has 0 radical (unpaired) electrons. The summed E-state index contributed by atoms with van der Waals surface area (Å²) >= 11 is 0. The largest absolute Gasteiger partial charge is 0.489 e. The number of benzene rings is 3. The number of nitrogen functional groups attached to an aromatic ring is 1. The fourth-order valence-electron chi connectivity index (χ4n) is 3.94. The van der Waals surface area contributed by atoms with Gasteiger partial charge in [0.1, 0.15) is 17.9 Å². The molecule has 7 heteroatoms. The number of fused-ring (bicyclic) bond motifs is 2. The Hall–Kier alpha value is -4.26. The minimum absolute atomic E-state index is 0.158. The van der Waals surface area contributed by atoms with E-state index < -0.39 is 0 Å². The first-order valence-electron chi connectivity index (χ1n) is 10.6. The highest BCUT2D eigenvalue weighted by molar-refractivity contribution is 6.03. The number of aromatic nitrogens is 1. The van der Waals surface area contributed by atoms with Crippen molar-refractivity contribution in [2.45, 2.75) is 20.0 Å². The van der Waals surface area contributed by atoms with Gasteiger partial charge in [0.2, 0.25) is 0 Å². The number of hydrogen-bond acceptors (Lipinski definition) is 7. The molecular weight excluding hydrogens is 420 g/mol. The standard InChI is InChI=1S/C26H22N2O5/c1-2-30-23(29)14-17-6-3-4-9-22(17)32-15-16-12-18-10-11-31-24(18)21(13-16)19-7-5-8-20-25(19)33-28-26(20)27/h3-13H,2,14-15H2,1H3,(H2,27,28). The Morgan fingerprint density at radius 3 is 2.79 bits per heavy atom. The summed E-state index contributed by atoms with van der Waals surface area (Å²) in [6.07, 6.45) is 1.81. The minimum atomic E-state index is -0.282. The quantitative estimate of drug-likeness (QED) is 0.332. The van der Waals surface area contributed by atoms with E-state index in [4.69, 9.17) is 24.1 Å². The average molecular weight is 442 g/mol. The predicted octanol–water partition coefficient (Wildman–Crippen LogP) is 5.51. The lowest BCUT2D eigenvalue weighted by atomic mass is 9.99. The molecule has 2 N–H and O–H groups in total. The molecule has 166 valence electrons. The van der Waals surface area contributed by atoms with Crippen LogP contribution in [0.15, 0.2) is 75.9 Å². The van der Waals surface area contributed by atoms with E-state index in [1.54, 1.807) is 13.2 Å². The molecule has 0 fully saturated rings. The highest BCUT2D eigenvalue weighted by atomic mass is 16.5. The molecule has 0 aliphatic heterocycles. The van der Waals surface area contributed by atoms with E-state index in [-0.39, 0.29) is 12.4 Å². The summed E-state index contributed by atoms with van der Waals surface area (Å²) in [5.74, 6) is 0.708. The number of esters is 1. The molecule has 0 atom stereocenters. The predicted molar refractivity (Wildman–Crippen MR) is 125 cm³/mol. The van der Waals surface area contributed by atoms with Crippen molar-refractivity contribution in [3.63, 3.8) is 0 Å². The third-order valence-electron chi connectivity index (χ3n) is 5.43. The number of rotatable bonds is 7. The van der Waals surface area contributed by atoms with Crippen LogP contribution in [0.4, 0.5) is 5.82 Å². The third-order valence-corrected chi connectivity index (χ3v) is 5.43. The molecule has 2 aromatic heterocycles. The number of nitrogens with zero attached hydrogens (tertiary/aromatic N) is 1. The molecule has 0 unspecified atom stereocenters. The van der Waals surface area contributed by atoms with Crippen molar-refractivity contribution in [2.24, 2.45) is 0 Å². The van der Waals surface area contributed by atoms with E-state index in [1.165, 1.54) is 0 Å². The van der Waals surface area contributed by atoms with Gasteiger partial charge in [-0.25, -0.2) is 0 Å². The normalized spacial score (nSPS) is 11.2. The zero-order chi connectivity index (χ0) is 22.8. The first kappa shape index (κ1) is 20.6. The molecule has 33 heavy (non-hydrogen) atoms. The van der Waals surface area contributed by atoms with Crippen molar-refractivity contribution in [1.29, 1.82) is 0 Å². The van der Waals surface area contributed by atoms with E-state index in [0.717, 1.165) is 38.6 Å².